The fourth-order valence-electron chi connectivity index (χ4n) is 3.29. The first-order valence-corrected chi connectivity index (χ1v) is 8.25. The van der Waals surface area contributed by atoms with Crippen molar-refractivity contribution in [2.45, 2.75) is 58.9 Å². The van der Waals surface area contributed by atoms with Crippen molar-refractivity contribution in [3.63, 3.8) is 0 Å². The molecule has 0 atom stereocenters. The lowest BCUT2D eigenvalue weighted by molar-refractivity contribution is -0.142. The van der Waals surface area contributed by atoms with Gasteiger partial charge in [0.15, 0.2) is 0 Å². The summed E-state index contributed by atoms with van der Waals surface area (Å²) >= 11 is 0. The van der Waals surface area contributed by atoms with Crippen LogP contribution in [0.1, 0.15) is 52.9 Å². The molecule has 0 bridgehead atoms. The Labute approximate surface area is 132 Å². The summed E-state index contributed by atoms with van der Waals surface area (Å²) in [5.74, 6) is -0.943. The molecule has 124 valence electrons. The van der Waals surface area contributed by atoms with E-state index in [1.54, 1.807) is 0 Å². The van der Waals surface area contributed by atoms with E-state index in [2.05, 4.69) is 32.2 Å². The van der Waals surface area contributed by atoms with Gasteiger partial charge in [0.2, 0.25) is 0 Å². The lowest BCUT2D eigenvalue weighted by Gasteiger charge is -2.34. The molecule has 0 aromatic heterocycles. The van der Waals surface area contributed by atoms with Gasteiger partial charge in [-0.2, -0.15) is 0 Å². The van der Waals surface area contributed by atoms with Gasteiger partial charge in [-0.1, -0.05) is 32.4 Å². The number of carboxylic acids is 1. The lowest BCUT2D eigenvalue weighted by Crippen LogP contribution is -2.48. The minimum atomic E-state index is -0.708. The van der Waals surface area contributed by atoms with Crippen LogP contribution in [-0.4, -0.2) is 41.1 Å². The number of aliphatic carboxylic acids is 1. The SMILES string of the molecule is CC(C)(C)C1=CCN(C(=O)NC2CCC(C(=O)O)CC2)CC1. The number of nitrogens with one attached hydrogen (secondary N) is 1. The van der Waals surface area contributed by atoms with E-state index in [-0.39, 0.29) is 23.4 Å². The van der Waals surface area contributed by atoms with Crippen molar-refractivity contribution in [2.24, 2.45) is 11.3 Å². The first kappa shape index (κ1) is 16.8. The number of hydrogen-bond donors (Lipinski definition) is 2. The zero-order valence-electron chi connectivity index (χ0n) is 13.9. The number of nitrogens with zero attached hydrogens (tertiary/aromatic N) is 1. The number of hydrogen-bond acceptors (Lipinski definition) is 2. The third-order valence-electron chi connectivity index (χ3n) is 4.86. The van der Waals surface area contributed by atoms with Crippen LogP contribution in [0.4, 0.5) is 4.79 Å². The van der Waals surface area contributed by atoms with Gasteiger partial charge in [0.25, 0.3) is 0 Å². The van der Waals surface area contributed by atoms with Crippen LogP contribution in [0.2, 0.25) is 0 Å². The quantitative estimate of drug-likeness (QED) is 0.770. The molecule has 2 amide bonds. The minimum Gasteiger partial charge on any atom is -0.481 e. The number of rotatable bonds is 2. The number of carbonyl (C=O) groups excluding carboxylic acids is 1. The summed E-state index contributed by atoms with van der Waals surface area (Å²) in [4.78, 5) is 25.1. The Bertz CT molecular complexity index is 457. The summed E-state index contributed by atoms with van der Waals surface area (Å²) < 4.78 is 0. The molecule has 2 N–H and O–H groups in total. The summed E-state index contributed by atoms with van der Waals surface area (Å²) in [5.41, 5.74) is 1.59. The van der Waals surface area contributed by atoms with E-state index < -0.39 is 5.97 Å². The number of amides is 2. The highest BCUT2D eigenvalue weighted by Gasteiger charge is 2.29. The second kappa shape index (κ2) is 6.71. The van der Waals surface area contributed by atoms with E-state index in [1.165, 1.54) is 5.57 Å². The van der Waals surface area contributed by atoms with Crippen LogP contribution in [0.5, 0.6) is 0 Å². The van der Waals surface area contributed by atoms with Crippen LogP contribution in [0.3, 0.4) is 0 Å². The predicted molar refractivity (Wildman–Crippen MR) is 85.6 cm³/mol. The fourth-order valence-corrected chi connectivity index (χ4v) is 3.29. The van der Waals surface area contributed by atoms with Crippen molar-refractivity contribution in [2.75, 3.05) is 13.1 Å². The first-order chi connectivity index (χ1) is 10.3. The Hall–Kier alpha value is -1.52. The van der Waals surface area contributed by atoms with Crippen LogP contribution in [0.25, 0.3) is 0 Å². The van der Waals surface area contributed by atoms with E-state index in [1.807, 2.05) is 4.90 Å². The van der Waals surface area contributed by atoms with Crippen LogP contribution < -0.4 is 5.32 Å². The summed E-state index contributed by atoms with van der Waals surface area (Å²) in [5, 5.41) is 12.1. The molecule has 1 saturated carbocycles. The third kappa shape index (κ3) is 4.24. The van der Waals surface area contributed by atoms with Crippen molar-refractivity contribution in [1.29, 1.82) is 0 Å². The summed E-state index contributed by atoms with van der Waals surface area (Å²) in [6.07, 6.45) is 5.95. The van der Waals surface area contributed by atoms with E-state index >= 15 is 0 Å². The van der Waals surface area contributed by atoms with Crippen LogP contribution in [0.15, 0.2) is 11.6 Å². The Morgan fingerprint density at radius 2 is 1.86 bits per heavy atom. The molecular formula is C17H28N2O3. The highest BCUT2D eigenvalue weighted by atomic mass is 16.4. The van der Waals surface area contributed by atoms with Crippen LogP contribution in [-0.2, 0) is 4.79 Å². The number of carbonyl (C=O) groups is 2. The second-order valence-electron chi connectivity index (χ2n) is 7.51. The number of urea groups is 1. The highest BCUT2D eigenvalue weighted by Crippen LogP contribution is 2.30. The van der Waals surface area contributed by atoms with E-state index in [4.69, 9.17) is 5.11 Å². The van der Waals surface area contributed by atoms with E-state index in [0.29, 0.717) is 19.4 Å². The van der Waals surface area contributed by atoms with Crippen molar-refractivity contribution < 1.29 is 14.7 Å². The van der Waals surface area contributed by atoms with Crippen molar-refractivity contribution in [3.8, 4) is 0 Å². The van der Waals surface area contributed by atoms with Gasteiger partial charge in [0.05, 0.1) is 5.92 Å². The first-order valence-electron chi connectivity index (χ1n) is 8.25. The molecule has 22 heavy (non-hydrogen) atoms. The van der Waals surface area contributed by atoms with Gasteiger partial charge in [-0.15, -0.1) is 0 Å². The fraction of sp³-hybridized carbons (Fsp3) is 0.765. The maximum atomic E-state index is 12.3. The maximum absolute atomic E-state index is 12.3. The Morgan fingerprint density at radius 1 is 1.23 bits per heavy atom. The predicted octanol–water partition coefficient (Wildman–Crippen LogP) is 3.02. The van der Waals surface area contributed by atoms with Gasteiger partial charge in [0.1, 0.15) is 0 Å². The molecule has 5 nitrogen and oxygen atoms in total. The zero-order chi connectivity index (χ0) is 16.3. The molecule has 0 saturated heterocycles. The number of carboxylic acid groups (broad SMARTS) is 1. The van der Waals surface area contributed by atoms with Crippen LogP contribution in [0, 0.1) is 11.3 Å². The Balaban J connectivity index is 1.80. The van der Waals surface area contributed by atoms with Gasteiger partial charge < -0.3 is 15.3 Å². The van der Waals surface area contributed by atoms with E-state index in [9.17, 15) is 9.59 Å². The van der Waals surface area contributed by atoms with Crippen molar-refractivity contribution >= 4 is 12.0 Å². The lowest BCUT2D eigenvalue weighted by atomic mass is 9.83. The minimum absolute atomic E-state index is 0.0111. The molecule has 0 unspecified atom stereocenters. The molecule has 2 aliphatic rings. The standard InChI is InChI=1S/C17H28N2O3/c1-17(2,3)13-8-10-19(11-9-13)16(22)18-14-6-4-12(5-7-14)15(20)21/h8,12,14H,4-7,9-11H2,1-3H3,(H,18,22)(H,20,21). The summed E-state index contributed by atoms with van der Waals surface area (Å²) in [7, 11) is 0. The largest absolute Gasteiger partial charge is 0.481 e. The third-order valence-corrected chi connectivity index (χ3v) is 4.86. The van der Waals surface area contributed by atoms with Gasteiger partial charge in [-0.25, -0.2) is 4.79 Å². The molecule has 5 heteroatoms. The molecular weight excluding hydrogens is 280 g/mol. The van der Waals surface area contributed by atoms with Crippen molar-refractivity contribution in [3.05, 3.63) is 11.6 Å². The average Bonchev–Trinajstić information content (AvgIpc) is 2.47. The Morgan fingerprint density at radius 3 is 2.32 bits per heavy atom. The molecule has 0 spiro atoms. The van der Waals surface area contributed by atoms with Crippen LogP contribution >= 0.6 is 0 Å². The van der Waals surface area contributed by atoms with Gasteiger partial charge in [-0.3, -0.25) is 4.79 Å². The normalized spacial score (nSPS) is 26.3. The highest BCUT2D eigenvalue weighted by molar-refractivity contribution is 5.75. The maximum Gasteiger partial charge on any atom is 0.317 e. The topological polar surface area (TPSA) is 69.6 Å². The van der Waals surface area contributed by atoms with Gasteiger partial charge in [0, 0.05) is 19.1 Å². The Kier molecular flexibility index (Phi) is 5.14. The molecule has 1 heterocycles. The summed E-state index contributed by atoms with van der Waals surface area (Å²) in [6.45, 7) is 8.04. The molecule has 0 radical (unpaired) electrons. The van der Waals surface area contributed by atoms with Gasteiger partial charge in [-0.05, 0) is 37.5 Å². The molecule has 1 aliphatic heterocycles. The molecule has 2 rings (SSSR count). The molecule has 1 aliphatic carbocycles. The van der Waals surface area contributed by atoms with Crippen molar-refractivity contribution in [1.82, 2.24) is 10.2 Å². The molecule has 0 aromatic carbocycles. The molecule has 1 fully saturated rings. The monoisotopic (exact) mass is 308 g/mol. The van der Waals surface area contributed by atoms with E-state index in [0.717, 1.165) is 25.8 Å². The van der Waals surface area contributed by atoms with Gasteiger partial charge >= 0.3 is 12.0 Å². The zero-order valence-corrected chi connectivity index (χ0v) is 13.9. The molecule has 0 aromatic rings. The second-order valence-corrected chi connectivity index (χ2v) is 7.51. The average molecular weight is 308 g/mol. The summed E-state index contributed by atoms with van der Waals surface area (Å²) in [6, 6.07) is 0.110. The smallest absolute Gasteiger partial charge is 0.317 e.